The van der Waals surface area contributed by atoms with Crippen LogP contribution >= 0.6 is 11.6 Å². The predicted octanol–water partition coefficient (Wildman–Crippen LogP) is 5.02. The second-order valence-corrected chi connectivity index (χ2v) is 6.91. The van der Waals surface area contributed by atoms with Gasteiger partial charge in [0.25, 0.3) is 0 Å². The van der Waals surface area contributed by atoms with E-state index < -0.39 is 0 Å². The number of ketones is 1. The zero-order valence-electron chi connectivity index (χ0n) is 13.8. The first-order chi connectivity index (χ1) is 11.1. The minimum atomic E-state index is 0.185. The van der Waals surface area contributed by atoms with Crippen molar-refractivity contribution >= 4 is 17.4 Å². The number of rotatable bonds is 7. The molecule has 0 N–H and O–H groups in total. The number of carbonyl (C=O) groups is 1. The van der Waals surface area contributed by atoms with Crippen molar-refractivity contribution in [2.45, 2.75) is 52.0 Å². The summed E-state index contributed by atoms with van der Waals surface area (Å²) in [5.74, 6) is 1.83. The molecule has 2 aromatic rings. The van der Waals surface area contributed by atoms with Crippen LogP contribution in [0.15, 0.2) is 30.5 Å². The molecule has 1 fully saturated rings. The van der Waals surface area contributed by atoms with Gasteiger partial charge in [0.05, 0.1) is 6.20 Å². The van der Waals surface area contributed by atoms with Gasteiger partial charge in [-0.2, -0.15) is 0 Å². The Bertz CT molecular complexity index is 703. The number of hydrogen-bond donors (Lipinski definition) is 0. The summed E-state index contributed by atoms with van der Waals surface area (Å²) in [5, 5.41) is 0.781. The van der Waals surface area contributed by atoms with Crippen molar-refractivity contribution in [2.24, 2.45) is 5.92 Å². The largest absolute Gasteiger partial charge is 0.323 e. The average molecular weight is 331 g/mol. The standard InChI is InChI=1S/C19H23ClN2O/c1-13(15-10-11-15)22-14(2)21-12-18(22)19(23)9-5-7-16-6-3-4-8-17(16)20/h3-4,6,8,12-13,15H,5,7,9-11H2,1-2H3. The van der Waals surface area contributed by atoms with Gasteiger partial charge in [0, 0.05) is 17.5 Å². The maximum absolute atomic E-state index is 12.6. The highest BCUT2D eigenvalue weighted by molar-refractivity contribution is 6.31. The van der Waals surface area contributed by atoms with Gasteiger partial charge < -0.3 is 4.57 Å². The minimum Gasteiger partial charge on any atom is -0.323 e. The SMILES string of the molecule is Cc1ncc(C(=O)CCCc2ccccc2Cl)n1C(C)C1CC1. The smallest absolute Gasteiger partial charge is 0.180 e. The molecule has 1 aliphatic rings. The van der Waals surface area contributed by atoms with Crippen molar-refractivity contribution in [3.05, 3.63) is 52.6 Å². The molecule has 1 aliphatic carbocycles. The maximum Gasteiger partial charge on any atom is 0.180 e. The lowest BCUT2D eigenvalue weighted by Crippen LogP contribution is -2.16. The van der Waals surface area contributed by atoms with Crippen LogP contribution in [-0.2, 0) is 6.42 Å². The van der Waals surface area contributed by atoms with Gasteiger partial charge in [0.1, 0.15) is 11.5 Å². The monoisotopic (exact) mass is 330 g/mol. The fourth-order valence-corrected chi connectivity index (χ4v) is 3.46. The summed E-state index contributed by atoms with van der Waals surface area (Å²) < 4.78 is 2.13. The topological polar surface area (TPSA) is 34.9 Å². The number of aryl methyl sites for hydroxylation is 2. The molecular formula is C19H23ClN2O. The Morgan fingerprint density at radius 3 is 2.83 bits per heavy atom. The number of hydrogen-bond acceptors (Lipinski definition) is 2. The van der Waals surface area contributed by atoms with Crippen molar-refractivity contribution < 1.29 is 4.79 Å². The first kappa shape index (κ1) is 16.3. The van der Waals surface area contributed by atoms with E-state index in [1.54, 1.807) is 6.20 Å². The van der Waals surface area contributed by atoms with Crippen LogP contribution in [0.2, 0.25) is 5.02 Å². The lowest BCUT2D eigenvalue weighted by molar-refractivity contribution is 0.0968. The predicted molar refractivity (Wildman–Crippen MR) is 93.1 cm³/mol. The molecule has 0 saturated heterocycles. The van der Waals surface area contributed by atoms with Gasteiger partial charge in [-0.05, 0) is 57.1 Å². The van der Waals surface area contributed by atoms with E-state index in [1.165, 1.54) is 12.8 Å². The number of Topliss-reactive ketones (excluding diaryl/α,β-unsaturated/α-hetero) is 1. The van der Waals surface area contributed by atoms with E-state index >= 15 is 0 Å². The summed E-state index contributed by atoms with van der Waals surface area (Å²) in [5.41, 5.74) is 1.87. The highest BCUT2D eigenvalue weighted by atomic mass is 35.5. The van der Waals surface area contributed by atoms with Gasteiger partial charge in [0.2, 0.25) is 0 Å². The molecule has 1 aromatic heterocycles. The third kappa shape index (κ3) is 3.66. The Balaban J connectivity index is 1.64. The van der Waals surface area contributed by atoms with E-state index in [2.05, 4.69) is 16.5 Å². The Kier molecular flexibility index (Phi) is 4.86. The van der Waals surface area contributed by atoms with E-state index in [1.807, 2.05) is 31.2 Å². The molecule has 0 radical (unpaired) electrons. The number of carbonyl (C=O) groups excluding carboxylic acids is 1. The van der Waals surface area contributed by atoms with E-state index in [0.717, 1.165) is 34.9 Å². The van der Waals surface area contributed by atoms with Crippen LogP contribution in [0.3, 0.4) is 0 Å². The Morgan fingerprint density at radius 2 is 2.13 bits per heavy atom. The Labute approximate surface area is 142 Å². The Hall–Kier alpha value is -1.61. The van der Waals surface area contributed by atoms with Gasteiger partial charge in [0.15, 0.2) is 5.78 Å². The first-order valence-electron chi connectivity index (χ1n) is 8.38. The molecule has 1 saturated carbocycles. The highest BCUT2D eigenvalue weighted by Gasteiger charge is 2.31. The Morgan fingerprint density at radius 1 is 1.39 bits per heavy atom. The van der Waals surface area contributed by atoms with Crippen molar-refractivity contribution in [3.8, 4) is 0 Å². The number of halogens is 1. The summed E-state index contributed by atoms with van der Waals surface area (Å²) >= 11 is 6.17. The van der Waals surface area contributed by atoms with Crippen molar-refractivity contribution in [3.63, 3.8) is 0 Å². The third-order valence-corrected chi connectivity index (χ3v) is 5.16. The summed E-state index contributed by atoms with van der Waals surface area (Å²) in [6.45, 7) is 4.19. The van der Waals surface area contributed by atoms with Crippen LogP contribution < -0.4 is 0 Å². The molecule has 0 spiro atoms. The zero-order chi connectivity index (χ0) is 16.4. The molecule has 3 rings (SSSR count). The normalized spacial score (nSPS) is 15.6. The van der Waals surface area contributed by atoms with E-state index in [-0.39, 0.29) is 5.78 Å². The third-order valence-electron chi connectivity index (χ3n) is 4.79. The number of aromatic nitrogens is 2. The number of imidazole rings is 1. The second-order valence-electron chi connectivity index (χ2n) is 6.51. The molecule has 1 heterocycles. The van der Waals surface area contributed by atoms with Crippen molar-refractivity contribution in [1.82, 2.24) is 9.55 Å². The zero-order valence-corrected chi connectivity index (χ0v) is 14.5. The highest BCUT2D eigenvalue weighted by Crippen LogP contribution is 2.40. The molecule has 0 aliphatic heterocycles. The van der Waals surface area contributed by atoms with Gasteiger partial charge in [-0.3, -0.25) is 4.79 Å². The second kappa shape index (κ2) is 6.88. The molecular weight excluding hydrogens is 308 g/mol. The molecule has 4 heteroatoms. The molecule has 3 nitrogen and oxygen atoms in total. The van der Waals surface area contributed by atoms with Crippen LogP contribution in [0.5, 0.6) is 0 Å². The molecule has 122 valence electrons. The minimum absolute atomic E-state index is 0.185. The molecule has 1 unspecified atom stereocenters. The van der Waals surface area contributed by atoms with Crippen LogP contribution in [0.4, 0.5) is 0 Å². The van der Waals surface area contributed by atoms with E-state index in [9.17, 15) is 4.79 Å². The summed E-state index contributed by atoms with van der Waals surface area (Å²) in [7, 11) is 0. The summed E-state index contributed by atoms with van der Waals surface area (Å²) in [6, 6.07) is 8.21. The lowest BCUT2D eigenvalue weighted by atomic mass is 10.0. The average Bonchev–Trinajstić information content (AvgIpc) is 3.31. The molecule has 23 heavy (non-hydrogen) atoms. The van der Waals surface area contributed by atoms with Crippen LogP contribution in [0, 0.1) is 12.8 Å². The van der Waals surface area contributed by atoms with Gasteiger partial charge in [-0.15, -0.1) is 0 Å². The van der Waals surface area contributed by atoms with Gasteiger partial charge >= 0.3 is 0 Å². The van der Waals surface area contributed by atoms with Crippen molar-refractivity contribution in [2.75, 3.05) is 0 Å². The lowest BCUT2D eigenvalue weighted by Gasteiger charge is -2.17. The summed E-state index contributed by atoms with van der Waals surface area (Å²) in [4.78, 5) is 17.0. The summed E-state index contributed by atoms with van der Waals surface area (Å²) in [6.07, 6.45) is 6.44. The van der Waals surface area contributed by atoms with E-state index in [4.69, 9.17) is 11.6 Å². The van der Waals surface area contributed by atoms with Crippen LogP contribution in [0.25, 0.3) is 0 Å². The molecule has 0 bridgehead atoms. The quantitative estimate of drug-likeness (QED) is 0.668. The molecule has 1 atom stereocenters. The van der Waals surface area contributed by atoms with Crippen LogP contribution in [0.1, 0.15) is 60.5 Å². The molecule has 1 aromatic carbocycles. The fourth-order valence-electron chi connectivity index (χ4n) is 3.23. The van der Waals surface area contributed by atoms with Crippen LogP contribution in [-0.4, -0.2) is 15.3 Å². The van der Waals surface area contributed by atoms with Gasteiger partial charge in [-0.25, -0.2) is 4.98 Å². The van der Waals surface area contributed by atoms with E-state index in [0.29, 0.717) is 18.4 Å². The fraction of sp³-hybridized carbons (Fsp3) is 0.474. The van der Waals surface area contributed by atoms with Gasteiger partial charge in [-0.1, -0.05) is 29.8 Å². The van der Waals surface area contributed by atoms with Crippen molar-refractivity contribution in [1.29, 1.82) is 0 Å². The molecule has 0 amide bonds. The first-order valence-corrected chi connectivity index (χ1v) is 8.76. The number of benzene rings is 1. The number of nitrogens with zero attached hydrogens (tertiary/aromatic N) is 2. The maximum atomic E-state index is 12.6.